The van der Waals surface area contributed by atoms with Crippen LogP contribution in [0.1, 0.15) is 26.3 Å². The number of hydrogen-bond acceptors (Lipinski definition) is 6. The molecule has 0 aliphatic rings. The number of nitrogen functional groups attached to an aromatic ring is 1. The minimum absolute atomic E-state index is 0.268. The van der Waals surface area contributed by atoms with Gasteiger partial charge in [-0.1, -0.05) is 34.1 Å². The number of nitrogens with zero attached hydrogens (tertiary/aromatic N) is 1. The predicted octanol–water partition coefficient (Wildman–Crippen LogP) is 4.79. The number of hydrogen-bond donors (Lipinski definition) is 2. The van der Waals surface area contributed by atoms with Gasteiger partial charge in [0, 0.05) is 8.95 Å². The molecule has 158 valence electrons. The molecule has 0 heterocycles. The highest BCUT2D eigenvalue weighted by atomic mass is 79.9. The van der Waals surface area contributed by atoms with Crippen molar-refractivity contribution in [3.05, 3.63) is 86.3 Å². The molecule has 0 aliphatic carbocycles. The maximum atomic E-state index is 12.4. The second-order valence-corrected chi connectivity index (χ2v) is 7.98. The molecule has 0 radical (unpaired) electrons. The summed E-state index contributed by atoms with van der Waals surface area (Å²) >= 11 is 6.62. The van der Waals surface area contributed by atoms with Crippen LogP contribution in [0.3, 0.4) is 0 Å². The van der Waals surface area contributed by atoms with E-state index in [1.54, 1.807) is 54.6 Å². The largest absolute Gasteiger partial charge is 0.493 e. The van der Waals surface area contributed by atoms with Crippen molar-refractivity contribution in [2.75, 3.05) is 12.8 Å². The van der Waals surface area contributed by atoms with Crippen molar-refractivity contribution in [1.82, 2.24) is 5.43 Å². The maximum absolute atomic E-state index is 12.4. The van der Waals surface area contributed by atoms with Gasteiger partial charge >= 0.3 is 5.97 Å². The van der Waals surface area contributed by atoms with Crippen LogP contribution in [0.5, 0.6) is 11.5 Å². The Balaban J connectivity index is 1.70. The molecule has 0 aliphatic heterocycles. The predicted molar refractivity (Wildman–Crippen MR) is 126 cm³/mol. The lowest BCUT2D eigenvalue weighted by Crippen LogP contribution is -2.19. The number of nitrogens with two attached hydrogens (primary N) is 1. The summed E-state index contributed by atoms with van der Waals surface area (Å²) in [6, 6.07) is 16.9. The van der Waals surface area contributed by atoms with E-state index in [1.807, 2.05) is 6.07 Å². The number of esters is 1. The molecule has 0 atom stereocenters. The summed E-state index contributed by atoms with van der Waals surface area (Å²) in [5.41, 5.74) is 10.0. The Morgan fingerprint density at radius 2 is 1.77 bits per heavy atom. The average Bonchev–Trinajstić information content (AvgIpc) is 2.77. The summed E-state index contributed by atoms with van der Waals surface area (Å²) in [7, 11) is 1.46. The molecule has 1 amide bonds. The third-order valence-corrected chi connectivity index (χ3v) is 5.23. The van der Waals surface area contributed by atoms with Crippen LogP contribution in [-0.2, 0) is 0 Å². The van der Waals surface area contributed by atoms with E-state index in [2.05, 4.69) is 42.4 Å². The molecule has 3 rings (SSSR count). The normalized spacial score (nSPS) is 10.7. The number of nitrogens with one attached hydrogen (secondary N) is 1. The van der Waals surface area contributed by atoms with Crippen LogP contribution in [0.4, 0.5) is 5.69 Å². The number of anilines is 1. The lowest BCUT2D eigenvalue weighted by atomic mass is 10.2. The fraction of sp³-hybridized carbons (Fsp3) is 0.0455. The fourth-order valence-electron chi connectivity index (χ4n) is 2.58. The van der Waals surface area contributed by atoms with Crippen molar-refractivity contribution in [2.45, 2.75) is 0 Å². The molecule has 31 heavy (non-hydrogen) atoms. The molecule has 0 saturated carbocycles. The van der Waals surface area contributed by atoms with Crippen molar-refractivity contribution in [2.24, 2.45) is 5.10 Å². The van der Waals surface area contributed by atoms with E-state index >= 15 is 0 Å². The number of carbonyl (C=O) groups excluding carboxylic acids is 2. The first-order chi connectivity index (χ1) is 14.9. The Hall–Kier alpha value is -3.17. The van der Waals surface area contributed by atoms with Crippen LogP contribution >= 0.6 is 31.9 Å². The minimum atomic E-state index is -0.495. The Kier molecular flexibility index (Phi) is 7.43. The minimum Gasteiger partial charge on any atom is -0.493 e. The van der Waals surface area contributed by atoms with E-state index in [-0.39, 0.29) is 11.3 Å². The number of hydrazone groups is 1. The maximum Gasteiger partial charge on any atom is 0.343 e. The van der Waals surface area contributed by atoms with Crippen molar-refractivity contribution in [3.63, 3.8) is 0 Å². The lowest BCUT2D eigenvalue weighted by Gasteiger charge is -2.10. The van der Waals surface area contributed by atoms with Crippen molar-refractivity contribution >= 4 is 55.6 Å². The zero-order chi connectivity index (χ0) is 22.4. The van der Waals surface area contributed by atoms with Gasteiger partial charge in [0.25, 0.3) is 5.91 Å². The summed E-state index contributed by atoms with van der Waals surface area (Å²) < 4.78 is 12.0. The van der Waals surface area contributed by atoms with Gasteiger partial charge in [0.05, 0.1) is 30.1 Å². The molecule has 0 spiro atoms. The van der Waals surface area contributed by atoms with Crippen LogP contribution < -0.4 is 20.6 Å². The molecule has 0 unspecified atom stereocenters. The van der Waals surface area contributed by atoms with E-state index in [1.165, 1.54) is 13.3 Å². The number of amides is 1. The molecule has 0 bridgehead atoms. The molecule has 7 nitrogen and oxygen atoms in total. The monoisotopic (exact) mass is 545 g/mol. The SMILES string of the molecule is COc1cc(/C=N\NC(=O)c2cc(Br)cc(Br)c2N)ccc1OC(=O)c1ccccc1. The topological polar surface area (TPSA) is 103 Å². The molecule has 3 aromatic carbocycles. The van der Waals surface area contributed by atoms with Crippen LogP contribution in [0.2, 0.25) is 0 Å². The third kappa shape index (κ3) is 5.71. The summed E-state index contributed by atoms with van der Waals surface area (Å²) in [6.45, 7) is 0. The van der Waals surface area contributed by atoms with E-state index < -0.39 is 11.9 Å². The summed E-state index contributed by atoms with van der Waals surface area (Å²) in [4.78, 5) is 24.6. The van der Waals surface area contributed by atoms with E-state index in [9.17, 15) is 9.59 Å². The highest BCUT2D eigenvalue weighted by molar-refractivity contribution is 9.11. The van der Waals surface area contributed by atoms with Crippen LogP contribution in [0, 0.1) is 0 Å². The first kappa shape index (κ1) is 22.5. The van der Waals surface area contributed by atoms with Crippen LogP contribution in [0.15, 0.2) is 74.7 Å². The number of benzene rings is 3. The van der Waals surface area contributed by atoms with Gasteiger partial charge in [-0.05, 0) is 64.0 Å². The second-order valence-electron chi connectivity index (χ2n) is 6.21. The van der Waals surface area contributed by atoms with E-state index in [0.717, 1.165) is 0 Å². The van der Waals surface area contributed by atoms with Crippen molar-refractivity contribution in [3.8, 4) is 11.5 Å². The molecule has 0 fully saturated rings. The lowest BCUT2D eigenvalue weighted by molar-refractivity contribution is 0.0729. The highest BCUT2D eigenvalue weighted by Crippen LogP contribution is 2.29. The number of ether oxygens (including phenoxy) is 2. The Bertz CT molecular complexity index is 1150. The van der Waals surface area contributed by atoms with Crippen molar-refractivity contribution < 1.29 is 19.1 Å². The number of carbonyl (C=O) groups is 2. The highest BCUT2D eigenvalue weighted by Gasteiger charge is 2.14. The van der Waals surface area contributed by atoms with Gasteiger partial charge < -0.3 is 15.2 Å². The zero-order valence-electron chi connectivity index (χ0n) is 16.3. The summed E-state index contributed by atoms with van der Waals surface area (Å²) in [5.74, 6) is -0.342. The molecular formula is C22H17Br2N3O4. The summed E-state index contributed by atoms with van der Waals surface area (Å²) in [5, 5.41) is 3.96. The molecule has 3 aromatic rings. The van der Waals surface area contributed by atoms with Gasteiger partial charge in [-0.15, -0.1) is 0 Å². The van der Waals surface area contributed by atoms with Gasteiger partial charge in [0.2, 0.25) is 0 Å². The van der Waals surface area contributed by atoms with Gasteiger partial charge in [-0.2, -0.15) is 5.10 Å². The van der Waals surface area contributed by atoms with Gasteiger partial charge in [0.1, 0.15) is 0 Å². The number of rotatable bonds is 6. The van der Waals surface area contributed by atoms with Crippen LogP contribution in [-0.4, -0.2) is 25.2 Å². The van der Waals surface area contributed by atoms with E-state index in [4.69, 9.17) is 15.2 Å². The second kappa shape index (κ2) is 10.2. The Labute approximate surface area is 195 Å². The van der Waals surface area contributed by atoms with E-state index in [0.29, 0.717) is 31.5 Å². The molecule has 0 saturated heterocycles. The van der Waals surface area contributed by atoms with Gasteiger partial charge in [-0.25, -0.2) is 10.2 Å². The molecule has 3 N–H and O–H groups in total. The Morgan fingerprint density at radius 1 is 1.03 bits per heavy atom. The molecular weight excluding hydrogens is 530 g/mol. The zero-order valence-corrected chi connectivity index (χ0v) is 19.4. The first-order valence-corrected chi connectivity index (χ1v) is 10.5. The first-order valence-electron chi connectivity index (χ1n) is 8.92. The number of halogens is 2. The van der Waals surface area contributed by atoms with Crippen LogP contribution in [0.25, 0.3) is 0 Å². The van der Waals surface area contributed by atoms with Crippen molar-refractivity contribution in [1.29, 1.82) is 0 Å². The quantitative estimate of drug-likeness (QED) is 0.152. The Morgan fingerprint density at radius 3 is 2.48 bits per heavy atom. The third-order valence-electron chi connectivity index (χ3n) is 4.12. The van der Waals surface area contributed by atoms with Gasteiger partial charge in [-0.3, -0.25) is 4.79 Å². The fourth-order valence-corrected chi connectivity index (χ4v) is 3.81. The molecule has 0 aromatic heterocycles. The summed E-state index contributed by atoms with van der Waals surface area (Å²) in [6.07, 6.45) is 1.44. The molecule has 9 heteroatoms. The van der Waals surface area contributed by atoms with Gasteiger partial charge in [0.15, 0.2) is 11.5 Å². The average molecular weight is 547 g/mol. The smallest absolute Gasteiger partial charge is 0.343 e. The number of methoxy groups -OCH3 is 1. The standard InChI is InChI=1S/C22H17Br2N3O4/c1-30-19-9-13(7-8-18(19)31-22(29)14-5-3-2-4-6-14)12-26-27-21(28)16-10-15(23)11-17(24)20(16)25/h2-12H,25H2,1H3,(H,27,28)/b26-12-.